The molecule has 0 aromatic heterocycles. The minimum atomic E-state index is -0.516. The first-order valence-corrected chi connectivity index (χ1v) is 7.67. The van der Waals surface area contributed by atoms with Crippen molar-refractivity contribution in [2.45, 2.75) is 20.0 Å². The van der Waals surface area contributed by atoms with Crippen molar-refractivity contribution >= 4 is 35.6 Å². The minimum Gasteiger partial charge on any atom is -0.390 e. The number of anilines is 1. The third-order valence-corrected chi connectivity index (χ3v) is 3.82. The lowest BCUT2D eigenvalue weighted by atomic mass is 10.1. The number of β-amino-alcohol motifs (C(OH)–C–C–N with tert-alkyl or cyclic N) is 1. The summed E-state index contributed by atoms with van der Waals surface area (Å²) in [5.74, 6) is 0.323. The second kappa shape index (κ2) is 10.1. The van der Waals surface area contributed by atoms with Gasteiger partial charge < -0.3 is 20.9 Å². The van der Waals surface area contributed by atoms with Crippen molar-refractivity contribution < 1.29 is 9.84 Å². The number of aliphatic hydroxyl groups is 1. The van der Waals surface area contributed by atoms with E-state index < -0.39 is 6.10 Å². The fourth-order valence-electron chi connectivity index (χ4n) is 2.35. The summed E-state index contributed by atoms with van der Waals surface area (Å²) in [5, 5.41) is 13.1. The van der Waals surface area contributed by atoms with E-state index in [-0.39, 0.29) is 24.0 Å². The van der Waals surface area contributed by atoms with Crippen LogP contribution in [0.1, 0.15) is 11.1 Å². The van der Waals surface area contributed by atoms with E-state index in [9.17, 15) is 5.11 Å². The van der Waals surface area contributed by atoms with Gasteiger partial charge in [-0.05, 0) is 37.1 Å². The molecular weight excluding hydrogens is 407 g/mol. The van der Waals surface area contributed by atoms with Crippen LogP contribution in [0.4, 0.5) is 5.69 Å². The lowest BCUT2D eigenvalue weighted by Gasteiger charge is -2.28. The molecule has 0 aliphatic carbocycles. The number of nitrogens with one attached hydrogen (secondary N) is 1. The van der Waals surface area contributed by atoms with Crippen LogP contribution in [0.5, 0.6) is 0 Å². The third-order valence-electron chi connectivity index (χ3n) is 3.82. The highest BCUT2D eigenvalue weighted by Crippen LogP contribution is 2.13. The van der Waals surface area contributed by atoms with Crippen molar-refractivity contribution in [2.75, 3.05) is 44.7 Å². The van der Waals surface area contributed by atoms with E-state index in [1.807, 2.05) is 18.2 Å². The zero-order valence-electron chi connectivity index (χ0n) is 13.8. The molecule has 1 unspecified atom stereocenters. The minimum absolute atomic E-state index is 0. The molecule has 1 aromatic carbocycles. The number of hydrogen-bond acceptors (Lipinski definition) is 4. The second-order valence-electron chi connectivity index (χ2n) is 5.72. The van der Waals surface area contributed by atoms with Gasteiger partial charge in [-0.3, -0.25) is 9.89 Å². The number of aliphatic hydroxyl groups excluding tert-OH is 1. The van der Waals surface area contributed by atoms with Crippen LogP contribution in [-0.4, -0.2) is 61.5 Å². The Bertz CT molecular complexity index is 519. The Morgan fingerprint density at radius 2 is 2.04 bits per heavy atom. The van der Waals surface area contributed by atoms with Crippen LogP contribution in [0.25, 0.3) is 0 Å². The maximum Gasteiger partial charge on any atom is 0.193 e. The molecule has 1 atom stereocenters. The summed E-state index contributed by atoms with van der Waals surface area (Å²) in [6, 6.07) is 6.04. The lowest BCUT2D eigenvalue weighted by molar-refractivity contribution is 0.0165. The summed E-state index contributed by atoms with van der Waals surface area (Å²) in [6.45, 7) is 8.19. The van der Waals surface area contributed by atoms with E-state index >= 15 is 0 Å². The maximum absolute atomic E-state index is 10.0. The van der Waals surface area contributed by atoms with Gasteiger partial charge in [-0.25, -0.2) is 0 Å². The van der Waals surface area contributed by atoms with Gasteiger partial charge in [0.2, 0.25) is 0 Å². The van der Waals surface area contributed by atoms with Crippen LogP contribution < -0.4 is 11.1 Å². The highest BCUT2D eigenvalue weighted by molar-refractivity contribution is 14.0. The predicted molar refractivity (Wildman–Crippen MR) is 105 cm³/mol. The summed E-state index contributed by atoms with van der Waals surface area (Å²) in [7, 11) is 0. The number of hydrogen-bond donors (Lipinski definition) is 3. The molecule has 1 aliphatic rings. The van der Waals surface area contributed by atoms with Gasteiger partial charge in [0.25, 0.3) is 0 Å². The number of morpholine rings is 1. The van der Waals surface area contributed by atoms with Crippen molar-refractivity contribution in [3.63, 3.8) is 0 Å². The first kappa shape index (κ1) is 20.1. The molecule has 1 saturated heterocycles. The third kappa shape index (κ3) is 7.03. The largest absolute Gasteiger partial charge is 0.390 e. The molecule has 1 heterocycles. The molecule has 0 saturated carbocycles. The van der Waals surface area contributed by atoms with Gasteiger partial charge in [0.1, 0.15) is 0 Å². The van der Waals surface area contributed by atoms with Gasteiger partial charge in [-0.1, -0.05) is 6.07 Å². The van der Waals surface area contributed by atoms with Crippen LogP contribution in [0.15, 0.2) is 23.2 Å². The normalized spacial score (nSPS) is 17.4. The van der Waals surface area contributed by atoms with E-state index in [2.05, 4.69) is 29.1 Å². The first-order valence-electron chi connectivity index (χ1n) is 7.67. The molecule has 0 radical (unpaired) electrons. The Morgan fingerprint density at radius 1 is 1.35 bits per heavy atom. The standard InChI is InChI=1S/C16H26N4O2.HI/c1-12-3-4-14(9-13(12)2)19-16(17)18-10-15(21)11-20-5-7-22-8-6-20;/h3-4,9,15,21H,5-8,10-11H2,1-2H3,(H3,17,18,19);1H. The summed E-state index contributed by atoms with van der Waals surface area (Å²) in [5.41, 5.74) is 9.22. The number of benzene rings is 1. The SMILES string of the molecule is Cc1ccc(NC(N)=NCC(O)CN2CCOCC2)cc1C.I. The zero-order chi connectivity index (χ0) is 15.9. The van der Waals surface area contributed by atoms with Gasteiger partial charge in [0.15, 0.2) is 5.96 Å². The number of nitrogens with two attached hydrogens (primary N) is 1. The Balaban J connectivity index is 0.00000264. The molecule has 1 aromatic rings. The van der Waals surface area contributed by atoms with Crippen LogP contribution in [-0.2, 0) is 4.74 Å². The van der Waals surface area contributed by atoms with Crippen LogP contribution in [0.2, 0.25) is 0 Å². The fraction of sp³-hybridized carbons (Fsp3) is 0.562. The van der Waals surface area contributed by atoms with E-state index in [4.69, 9.17) is 10.5 Å². The molecule has 0 amide bonds. The van der Waals surface area contributed by atoms with Crippen molar-refractivity contribution in [3.05, 3.63) is 29.3 Å². The van der Waals surface area contributed by atoms with E-state index in [1.165, 1.54) is 11.1 Å². The fourth-order valence-corrected chi connectivity index (χ4v) is 2.35. The number of rotatable bonds is 5. The van der Waals surface area contributed by atoms with E-state index in [1.54, 1.807) is 0 Å². The Kier molecular flexibility index (Phi) is 8.82. The van der Waals surface area contributed by atoms with Crippen LogP contribution in [0, 0.1) is 13.8 Å². The van der Waals surface area contributed by atoms with Gasteiger partial charge >= 0.3 is 0 Å². The quantitative estimate of drug-likeness (QED) is 0.370. The molecule has 0 bridgehead atoms. The summed E-state index contributed by atoms with van der Waals surface area (Å²) >= 11 is 0. The molecule has 7 heteroatoms. The van der Waals surface area contributed by atoms with Crippen LogP contribution >= 0.6 is 24.0 Å². The second-order valence-corrected chi connectivity index (χ2v) is 5.72. The summed E-state index contributed by atoms with van der Waals surface area (Å²) < 4.78 is 5.28. The monoisotopic (exact) mass is 434 g/mol. The topological polar surface area (TPSA) is 83.1 Å². The molecule has 6 nitrogen and oxygen atoms in total. The molecule has 4 N–H and O–H groups in total. The first-order chi connectivity index (χ1) is 10.5. The van der Waals surface area contributed by atoms with Crippen LogP contribution in [0.3, 0.4) is 0 Å². The van der Waals surface area contributed by atoms with E-state index in [0.717, 1.165) is 32.0 Å². The number of ether oxygens (including phenoxy) is 1. The summed E-state index contributed by atoms with van der Waals surface area (Å²) in [6.07, 6.45) is -0.516. The number of halogens is 1. The molecule has 23 heavy (non-hydrogen) atoms. The predicted octanol–water partition coefficient (Wildman–Crippen LogP) is 1.34. The van der Waals surface area contributed by atoms with Gasteiger partial charge in [0.05, 0.1) is 25.9 Å². The molecule has 2 rings (SSSR count). The van der Waals surface area contributed by atoms with Crippen molar-refractivity contribution in [1.82, 2.24) is 4.90 Å². The van der Waals surface area contributed by atoms with Gasteiger partial charge in [-0.15, -0.1) is 24.0 Å². The molecule has 130 valence electrons. The average molecular weight is 434 g/mol. The smallest absolute Gasteiger partial charge is 0.193 e. The zero-order valence-corrected chi connectivity index (χ0v) is 16.1. The number of aliphatic imine (C=N–C) groups is 1. The number of nitrogens with zero attached hydrogens (tertiary/aromatic N) is 2. The Morgan fingerprint density at radius 3 is 2.70 bits per heavy atom. The van der Waals surface area contributed by atoms with Crippen molar-refractivity contribution in [2.24, 2.45) is 10.7 Å². The van der Waals surface area contributed by atoms with Crippen molar-refractivity contribution in [1.29, 1.82) is 0 Å². The van der Waals surface area contributed by atoms with Gasteiger partial charge in [0, 0.05) is 25.3 Å². The summed E-state index contributed by atoms with van der Waals surface area (Å²) in [4.78, 5) is 6.39. The highest BCUT2D eigenvalue weighted by Gasteiger charge is 2.14. The average Bonchev–Trinajstić information content (AvgIpc) is 2.50. The Hall–Kier alpha value is -0.900. The molecule has 1 fully saturated rings. The van der Waals surface area contributed by atoms with E-state index in [0.29, 0.717) is 19.0 Å². The highest BCUT2D eigenvalue weighted by atomic mass is 127. The molecule has 0 spiro atoms. The molecular formula is C16H27IN4O2. The molecule has 1 aliphatic heterocycles. The van der Waals surface area contributed by atoms with Crippen molar-refractivity contribution in [3.8, 4) is 0 Å². The Labute approximate surface area is 155 Å². The number of guanidine groups is 1. The van der Waals surface area contributed by atoms with Gasteiger partial charge in [-0.2, -0.15) is 0 Å². The number of aryl methyl sites for hydroxylation is 2. The lowest BCUT2D eigenvalue weighted by Crippen LogP contribution is -2.42. The maximum atomic E-state index is 10.0.